The van der Waals surface area contributed by atoms with Crippen molar-refractivity contribution in [3.05, 3.63) is 69.4 Å². The Hall–Kier alpha value is -2.74. The molecule has 1 aliphatic heterocycles. The van der Waals surface area contributed by atoms with Gasteiger partial charge >= 0.3 is 0 Å². The van der Waals surface area contributed by atoms with E-state index in [0.717, 1.165) is 62.0 Å². The zero-order valence-corrected chi connectivity index (χ0v) is 24.3. The molecule has 0 N–H and O–H groups in total. The normalized spacial score (nSPS) is 15.4. The summed E-state index contributed by atoms with van der Waals surface area (Å²) in [6, 6.07) is 15.2. The van der Waals surface area contributed by atoms with Crippen molar-refractivity contribution in [2.45, 2.75) is 38.1 Å². The van der Waals surface area contributed by atoms with Crippen LogP contribution in [0.15, 0.2) is 47.8 Å². The molecular weight excluding hydrogens is 496 g/mol. The predicted molar refractivity (Wildman–Crippen MR) is 156 cm³/mol. The highest BCUT2D eigenvalue weighted by Gasteiger charge is 2.30. The van der Waals surface area contributed by atoms with E-state index in [4.69, 9.17) is 18.9 Å². The van der Waals surface area contributed by atoms with Crippen LogP contribution in [0.3, 0.4) is 0 Å². The molecule has 1 aliphatic rings. The fourth-order valence-electron chi connectivity index (χ4n) is 5.36. The quantitative estimate of drug-likeness (QED) is 0.232. The van der Waals surface area contributed by atoms with Crippen molar-refractivity contribution in [1.82, 2.24) is 9.80 Å². The third-order valence-corrected chi connectivity index (χ3v) is 8.50. The maximum absolute atomic E-state index is 5.62. The van der Waals surface area contributed by atoms with E-state index < -0.39 is 0 Å². The number of likely N-dealkylation sites (N-methyl/N-ethyl adjacent to an activating group) is 1. The van der Waals surface area contributed by atoms with E-state index in [9.17, 15) is 0 Å². The number of hydrogen-bond acceptors (Lipinski definition) is 7. The molecular formula is C31H42N2O4S. The molecule has 206 valence electrons. The topological polar surface area (TPSA) is 43.4 Å². The van der Waals surface area contributed by atoms with Gasteiger partial charge in [0.1, 0.15) is 0 Å². The minimum Gasteiger partial charge on any atom is -0.493 e. The first kappa shape index (κ1) is 28.3. The van der Waals surface area contributed by atoms with Gasteiger partial charge in [0.05, 0.1) is 34.5 Å². The van der Waals surface area contributed by atoms with Gasteiger partial charge in [0, 0.05) is 18.0 Å². The average molecular weight is 539 g/mol. The van der Waals surface area contributed by atoms with E-state index in [1.807, 2.05) is 23.5 Å². The number of nitrogens with zero attached hydrogens (tertiary/aromatic N) is 2. The van der Waals surface area contributed by atoms with Gasteiger partial charge in [-0.05, 0) is 98.2 Å². The van der Waals surface area contributed by atoms with Crippen LogP contribution in [0.4, 0.5) is 0 Å². The molecule has 2 aromatic carbocycles. The second-order valence-corrected chi connectivity index (χ2v) is 10.9. The molecule has 4 rings (SSSR count). The lowest BCUT2D eigenvalue weighted by atomic mass is 9.92. The van der Waals surface area contributed by atoms with Gasteiger partial charge in [-0.15, -0.1) is 11.3 Å². The van der Waals surface area contributed by atoms with E-state index >= 15 is 0 Å². The van der Waals surface area contributed by atoms with Crippen molar-refractivity contribution in [3.63, 3.8) is 0 Å². The van der Waals surface area contributed by atoms with E-state index in [1.54, 1.807) is 28.4 Å². The monoisotopic (exact) mass is 538 g/mol. The van der Waals surface area contributed by atoms with Gasteiger partial charge in [-0.1, -0.05) is 18.6 Å². The van der Waals surface area contributed by atoms with Crippen LogP contribution in [0.2, 0.25) is 0 Å². The minimum absolute atomic E-state index is 0.272. The number of unbranched alkanes of at least 4 members (excludes halogenated alkanes) is 2. The number of rotatable bonds is 14. The maximum atomic E-state index is 5.62. The fourth-order valence-corrected chi connectivity index (χ4v) is 6.27. The molecule has 38 heavy (non-hydrogen) atoms. The second kappa shape index (κ2) is 13.9. The highest BCUT2D eigenvalue weighted by molar-refractivity contribution is 7.10. The summed E-state index contributed by atoms with van der Waals surface area (Å²) in [5.41, 5.74) is 3.99. The van der Waals surface area contributed by atoms with Crippen molar-refractivity contribution in [3.8, 4) is 23.0 Å². The molecule has 0 spiro atoms. The van der Waals surface area contributed by atoms with E-state index in [-0.39, 0.29) is 6.04 Å². The Morgan fingerprint density at radius 1 is 0.816 bits per heavy atom. The first-order valence-electron chi connectivity index (χ1n) is 13.5. The highest BCUT2D eigenvalue weighted by atomic mass is 32.1. The second-order valence-electron chi connectivity index (χ2n) is 9.91. The molecule has 1 unspecified atom stereocenters. The molecule has 0 radical (unpaired) electrons. The van der Waals surface area contributed by atoms with Gasteiger partial charge in [0.25, 0.3) is 0 Å². The van der Waals surface area contributed by atoms with Gasteiger partial charge in [-0.3, -0.25) is 4.90 Å². The Morgan fingerprint density at radius 2 is 1.53 bits per heavy atom. The van der Waals surface area contributed by atoms with Crippen LogP contribution in [0.25, 0.3) is 0 Å². The van der Waals surface area contributed by atoms with Gasteiger partial charge in [-0.25, -0.2) is 0 Å². The van der Waals surface area contributed by atoms with Gasteiger partial charge in [0.2, 0.25) is 0 Å². The van der Waals surface area contributed by atoms with Crippen LogP contribution >= 0.6 is 11.3 Å². The summed E-state index contributed by atoms with van der Waals surface area (Å²) in [5, 5.41) is 2.24. The summed E-state index contributed by atoms with van der Waals surface area (Å²) in [7, 11) is 8.98. The van der Waals surface area contributed by atoms with Crippen LogP contribution in [0.5, 0.6) is 23.0 Å². The lowest BCUT2D eigenvalue weighted by Gasteiger charge is -2.36. The Bertz CT molecular complexity index is 1160. The number of hydrogen-bond donors (Lipinski definition) is 0. The van der Waals surface area contributed by atoms with Crippen molar-refractivity contribution >= 4 is 11.3 Å². The molecule has 0 saturated heterocycles. The largest absolute Gasteiger partial charge is 0.493 e. The van der Waals surface area contributed by atoms with Crippen molar-refractivity contribution in [2.24, 2.45) is 0 Å². The molecule has 0 bridgehead atoms. The molecule has 2 heterocycles. The maximum Gasteiger partial charge on any atom is 0.161 e. The summed E-state index contributed by atoms with van der Waals surface area (Å²) in [4.78, 5) is 6.59. The highest BCUT2D eigenvalue weighted by Crippen LogP contribution is 2.40. The summed E-state index contributed by atoms with van der Waals surface area (Å²) in [5.74, 6) is 3.15. The van der Waals surface area contributed by atoms with Gasteiger partial charge in [0.15, 0.2) is 23.0 Å². The average Bonchev–Trinajstić information content (AvgIpc) is 3.44. The van der Waals surface area contributed by atoms with Crippen LogP contribution in [0.1, 0.15) is 46.9 Å². The predicted octanol–water partition coefficient (Wildman–Crippen LogP) is 6.07. The number of methoxy groups -OCH3 is 4. The first-order valence-corrected chi connectivity index (χ1v) is 14.4. The molecule has 0 aliphatic carbocycles. The van der Waals surface area contributed by atoms with E-state index in [0.29, 0.717) is 0 Å². The Labute approximate surface area is 232 Å². The molecule has 1 aromatic heterocycles. The molecule has 7 heteroatoms. The lowest BCUT2D eigenvalue weighted by Crippen LogP contribution is -2.36. The van der Waals surface area contributed by atoms with Crippen LogP contribution < -0.4 is 18.9 Å². The van der Waals surface area contributed by atoms with Crippen LogP contribution in [-0.2, 0) is 12.8 Å². The van der Waals surface area contributed by atoms with Crippen LogP contribution in [0, 0.1) is 0 Å². The smallest absolute Gasteiger partial charge is 0.161 e. The fraction of sp³-hybridized carbons (Fsp3) is 0.484. The molecule has 0 saturated carbocycles. The Morgan fingerprint density at radius 3 is 2.26 bits per heavy atom. The number of ether oxygens (including phenoxy) is 4. The Balaban J connectivity index is 1.27. The zero-order chi connectivity index (χ0) is 26.9. The number of thiophene rings is 1. The minimum atomic E-state index is 0.272. The van der Waals surface area contributed by atoms with E-state index in [1.165, 1.54) is 40.8 Å². The third-order valence-electron chi connectivity index (χ3n) is 7.50. The zero-order valence-electron chi connectivity index (χ0n) is 23.5. The summed E-state index contributed by atoms with van der Waals surface area (Å²) < 4.78 is 21.9. The molecule has 3 aromatic rings. The first-order chi connectivity index (χ1) is 18.6. The van der Waals surface area contributed by atoms with Crippen molar-refractivity contribution in [1.29, 1.82) is 0 Å². The third kappa shape index (κ3) is 6.82. The van der Waals surface area contributed by atoms with E-state index in [2.05, 4.69) is 52.6 Å². The number of fused-ring (bicyclic) bond motifs is 1. The van der Waals surface area contributed by atoms with Crippen molar-refractivity contribution < 1.29 is 18.9 Å². The SMILES string of the molecule is COc1ccc(CCN(C)CCCCCN2CCc3sccc3C2c2ccc(OC)c(OC)c2)cc1OC. The summed E-state index contributed by atoms with van der Waals surface area (Å²) in [6.45, 7) is 4.34. The molecule has 1 atom stereocenters. The molecule has 0 amide bonds. The standard InChI is InChI=1S/C31H42N2O4S/c1-32(18-13-23-9-11-26(34-2)28(21-23)36-4)16-7-6-8-17-33-19-14-30-25(15-20-38-30)31(33)24-10-12-27(35-3)29(22-24)37-5/h9-12,15,20-22,31H,6-8,13-14,16-19H2,1-5H3. The number of benzene rings is 2. The van der Waals surface area contributed by atoms with Crippen LogP contribution in [-0.4, -0.2) is 71.5 Å². The van der Waals surface area contributed by atoms with Gasteiger partial charge in [-0.2, -0.15) is 0 Å². The Kier molecular flexibility index (Phi) is 10.3. The van der Waals surface area contributed by atoms with Gasteiger partial charge < -0.3 is 23.8 Å². The lowest BCUT2D eigenvalue weighted by molar-refractivity contribution is 0.208. The summed E-state index contributed by atoms with van der Waals surface area (Å²) in [6.07, 6.45) is 5.77. The van der Waals surface area contributed by atoms with Crippen molar-refractivity contribution in [2.75, 3.05) is 61.7 Å². The molecule has 0 fully saturated rings. The summed E-state index contributed by atoms with van der Waals surface area (Å²) >= 11 is 1.88. The molecule has 6 nitrogen and oxygen atoms in total.